The van der Waals surface area contributed by atoms with Crippen molar-refractivity contribution in [3.8, 4) is 5.75 Å². The average molecular weight is 281 g/mol. The first-order valence-corrected chi connectivity index (χ1v) is 7.76. The van der Waals surface area contributed by atoms with Gasteiger partial charge < -0.3 is 10.1 Å². The van der Waals surface area contributed by atoms with Gasteiger partial charge in [0.25, 0.3) is 0 Å². The van der Waals surface area contributed by atoms with Gasteiger partial charge in [0.1, 0.15) is 5.75 Å². The van der Waals surface area contributed by atoms with Crippen LogP contribution in [-0.4, -0.2) is 13.2 Å². The van der Waals surface area contributed by atoms with Crippen LogP contribution in [0.3, 0.4) is 0 Å². The van der Waals surface area contributed by atoms with Crippen LogP contribution in [0.15, 0.2) is 48.5 Å². The molecule has 0 amide bonds. The maximum Gasteiger partial charge on any atom is 0.122 e. The molecule has 1 heterocycles. The number of para-hydroxylation sites is 1. The lowest BCUT2D eigenvalue weighted by molar-refractivity contribution is 0.263. The Bertz CT molecular complexity index is 608. The Labute approximate surface area is 127 Å². The summed E-state index contributed by atoms with van der Waals surface area (Å²) in [6, 6.07) is 17.4. The smallest absolute Gasteiger partial charge is 0.122 e. The molecule has 0 bridgehead atoms. The fourth-order valence-electron chi connectivity index (χ4n) is 3.13. The van der Waals surface area contributed by atoms with Crippen LogP contribution in [0.2, 0.25) is 0 Å². The van der Waals surface area contributed by atoms with Crippen LogP contribution in [0, 0.1) is 6.92 Å². The largest absolute Gasteiger partial charge is 0.493 e. The maximum atomic E-state index is 5.74. The molecule has 0 saturated carbocycles. The maximum absolute atomic E-state index is 5.74. The minimum atomic E-state index is 0.376. The molecule has 2 nitrogen and oxygen atoms in total. The van der Waals surface area contributed by atoms with E-state index in [0.717, 1.165) is 25.3 Å². The van der Waals surface area contributed by atoms with Gasteiger partial charge in [0.05, 0.1) is 6.61 Å². The second-order valence-electron chi connectivity index (χ2n) is 5.86. The van der Waals surface area contributed by atoms with Gasteiger partial charge >= 0.3 is 0 Å². The van der Waals surface area contributed by atoms with E-state index in [-0.39, 0.29) is 0 Å². The third kappa shape index (κ3) is 3.11. The van der Waals surface area contributed by atoms with Gasteiger partial charge in [-0.05, 0) is 43.0 Å². The van der Waals surface area contributed by atoms with Crippen molar-refractivity contribution in [2.45, 2.75) is 32.2 Å². The van der Waals surface area contributed by atoms with Crippen LogP contribution in [0.1, 0.15) is 42.0 Å². The average Bonchev–Trinajstić information content (AvgIpc) is 2.53. The van der Waals surface area contributed by atoms with Crippen molar-refractivity contribution < 1.29 is 4.74 Å². The molecule has 2 aromatic rings. The molecular formula is C19H23NO. The molecule has 1 unspecified atom stereocenters. The van der Waals surface area contributed by atoms with E-state index in [1.807, 2.05) is 6.07 Å². The van der Waals surface area contributed by atoms with Crippen molar-refractivity contribution in [1.29, 1.82) is 0 Å². The Hall–Kier alpha value is -1.80. The Morgan fingerprint density at radius 2 is 1.90 bits per heavy atom. The number of hydrogen-bond acceptors (Lipinski definition) is 2. The number of fused-ring (bicyclic) bond motifs is 1. The van der Waals surface area contributed by atoms with Gasteiger partial charge in [-0.2, -0.15) is 0 Å². The summed E-state index contributed by atoms with van der Waals surface area (Å²) in [6.45, 7) is 6.24. The van der Waals surface area contributed by atoms with E-state index < -0.39 is 0 Å². The first-order chi connectivity index (χ1) is 10.3. The van der Waals surface area contributed by atoms with Gasteiger partial charge in [-0.1, -0.05) is 42.5 Å². The molecule has 0 aromatic heterocycles. The molecule has 1 aliphatic heterocycles. The minimum absolute atomic E-state index is 0.376. The standard InChI is InChI=1S/C19H23NO/c1-14-7-3-4-8-17(14)15(2)20-13-16-11-12-21-19-10-6-5-9-18(16)19/h3-10,15-16,20H,11-13H2,1-2H3/t15-,16?/m1/s1. The highest BCUT2D eigenvalue weighted by atomic mass is 16.5. The predicted molar refractivity (Wildman–Crippen MR) is 86.9 cm³/mol. The number of nitrogens with one attached hydrogen (secondary N) is 1. The van der Waals surface area contributed by atoms with Crippen LogP contribution >= 0.6 is 0 Å². The molecule has 1 N–H and O–H groups in total. The summed E-state index contributed by atoms with van der Waals surface area (Å²) in [7, 11) is 0. The van der Waals surface area contributed by atoms with E-state index in [1.54, 1.807) is 0 Å². The van der Waals surface area contributed by atoms with E-state index in [9.17, 15) is 0 Å². The van der Waals surface area contributed by atoms with E-state index in [0.29, 0.717) is 12.0 Å². The van der Waals surface area contributed by atoms with Crippen LogP contribution < -0.4 is 10.1 Å². The molecule has 2 aromatic carbocycles. The highest BCUT2D eigenvalue weighted by Crippen LogP contribution is 2.33. The van der Waals surface area contributed by atoms with Gasteiger partial charge in [0.2, 0.25) is 0 Å². The Kier molecular flexibility index (Phi) is 4.26. The molecule has 110 valence electrons. The van der Waals surface area contributed by atoms with Crippen molar-refractivity contribution in [2.75, 3.05) is 13.2 Å². The molecule has 0 saturated heterocycles. The molecule has 2 atom stereocenters. The molecule has 2 heteroatoms. The first kappa shape index (κ1) is 14.2. The first-order valence-electron chi connectivity index (χ1n) is 7.76. The summed E-state index contributed by atoms with van der Waals surface area (Å²) >= 11 is 0. The minimum Gasteiger partial charge on any atom is -0.493 e. The summed E-state index contributed by atoms with van der Waals surface area (Å²) in [6.07, 6.45) is 1.09. The van der Waals surface area contributed by atoms with Gasteiger partial charge in [-0.3, -0.25) is 0 Å². The van der Waals surface area contributed by atoms with Crippen molar-refractivity contribution in [3.63, 3.8) is 0 Å². The lowest BCUT2D eigenvalue weighted by Gasteiger charge is -2.27. The Balaban J connectivity index is 1.67. The third-order valence-electron chi connectivity index (χ3n) is 4.41. The second-order valence-corrected chi connectivity index (χ2v) is 5.86. The van der Waals surface area contributed by atoms with Crippen LogP contribution in [0.25, 0.3) is 0 Å². The van der Waals surface area contributed by atoms with Crippen molar-refractivity contribution >= 4 is 0 Å². The molecule has 0 fully saturated rings. The fourth-order valence-corrected chi connectivity index (χ4v) is 3.13. The van der Waals surface area contributed by atoms with Gasteiger partial charge in [-0.25, -0.2) is 0 Å². The number of rotatable bonds is 4. The van der Waals surface area contributed by atoms with E-state index >= 15 is 0 Å². The summed E-state index contributed by atoms with van der Waals surface area (Å²) in [5.41, 5.74) is 4.08. The number of hydrogen-bond donors (Lipinski definition) is 1. The third-order valence-corrected chi connectivity index (χ3v) is 4.41. The zero-order valence-electron chi connectivity index (χ0n) is 12.8. The fraction of sp³-hybridized carbons (Fsp3) is 0.368. The molecule has 0 aliphatic carbocycles. The van der Waals surface area contributed by atoms with Gasteiger partial charge in [0, 0.05) is 18.5 Å². The monoisotopic (exact) mass is 281 g/mol. The zero-order valence-corrected chi connectivity index (χ0v) is 12.8. The molecular weight excluding hydrogens is 258 g/mol. The van der Waals surface area contributed by atoms with Gasteiger partial charge in [0.15, 0.2) is 0 Å². The quantitative estimate of drug-likeness (QED) is 0.906. The lowest BCUT2D eigenvalue weighted by Crippen LogP contribution is -2.28. The van der Waals surface area contributed by atoms with Crippen LogP contribution in [-0.2, 0) is 0 Å². The predicted octanol–water partition coefficient (Wildman–Crippen LogP) is 4.21. The summed E-state index contributed by atoms with van der Waals surface area (Å²) in [4.78, 5) is 0. The molecule has 3 rings (SSSR count). The Morgan fingerprint density at radius 3 is 2.76 bits per heavy atom. The zero-order chi connectivity index (χ0) is 14.7. The van der Waals surface area contributed by atoms with E-state index in [2.05, 4.69) is 61.6 Å². The SMILES string of the molecule is Cc1ccccc1[C@@H](C)NCC1CCOc2ccccc21. The summed E-state index contributed by atoms with van der Waals surface area (Å²) in [5.74, 6) is 1.60. The molecule has 21 heavy (non-hydrogen) atoms. The summed E-state index contributed by atoms with van der Waals surface area (Å²) < 4.78 is 5.74. The van der Waals surface area contributed by atoms with Crippen LogP contribution in [0.5, 0.6) is 5.75 Å². The van der Waals surface area contributed by atoms with Gasteiger partial charge in [-0.15, -0.1) is 0 Å². The topological polar surface area (TPSA) is 21.3 Å². The Morgan fingerprint density at radius 1 is 1.14 bits per heavy atom. The highest BCUT2D eigenvalue weighted by molar-refractivity contribution is 5.38. The normalized spacial score (nSPS) is 18.7. The number of ether oxygens (including phenoxy) is 1. The number of benzene rings is 2. The van der Waals surface area contributed by atoms with Crippen molar-refractivity contribution in [2.24, 2.45) is 0 Å². The van der Waals surface area contributed by atoms with Crippen LogP contribution in [0.4, 0.5) is 0 Å². The number of aryl methyl sites for hydroxylation is 1. The second kappa shape index (κ2) is 6.31. The van der Waals surface area contributed by atoms with Crippen molar-refractivity contribution in [1.82, 2.24) is 5.32 Å². The summed E-state index contributed by atoms with van der Waals surface area (Å²) in [5, 5.41) is 3.69. The lowest BCUT2D eigenvalue weighted by atomic mass is 9.92. The van der Waals surface area contributed by atoms with Crippen molar-refractivity contribution in [3.05, 3.63) is 65.2 Å². The van der Waals surface area contributed by atoms with E-state index in [4.69, 9.17) is 4.74 Å². The molecule has 0 radical (unpaired) electrons. The van der Waals surface area contributed by atoms with E-state index in [1.165, 1.54) is 16.7 Å². The molecule has 1 aliphatic rings. The molecule has 0 spiro atoms. The highest BCUT2D eigenvalue weighted by Gasteiger charge is 2.21.